The molecule has 2 heterocycles. The zero-order valence-electron chi connectivity index (χ0n) is 13.8. The summed E-state index contributed by atoms with van der Waals surface area (Å²) in [6, 6.07) is 14.0. The van der Waals surface area contributed by atoms with Gasteiger partial charge in [-0.15, -0.1) is 0 Å². The molecule has 2 aromatic rings. The minimum Gasteiger partial charge on any atom is -0.338 e. The molecule has 0 aliphatic carbocycles. The Morgan fingerprint density at radius 1 is 1.04 bits per heavy atom. The third-order valence-electron chi connectivity index (χ3n) is 5.05. The second-order valence-electron chi connectivity index (χ2n) is 6.66. The zero-order chi connectivity index (χ0) is 17.4. The maximum Gasteiger partial charge on any atom is 0.228 e. The molecule has 1 unspecified atom stereocenters. The van der Waals surface area contributed by atoms with E-state index in [1.807, 2.05) is 17.0 Å². The summed E-state index contributed by atoms with van der Waals surface area (Å²) in [5.74, 6) is -0.715. The topological polar surface area (TPSA) is 40.6 Å². The molecule has 4 nitrogen and oxygen atoms in total. The van der Waals surface area contributed by atoms with Gasteiger partial charge in [0.15, 0.2) is 0 Å². The van der Waals surface area contributed by atoms with E-state index in [1.54, 1.807) is 17.0 Å². The average Bonchev–Trinajstić information content (AvgIpc) is 3.03. The number of anilines is 1. The lowest BCUT2D eigenvalue weighted by Gasteiger charge is -2.30. The zero-order valence-corrected chi connectivity index (χ0v) is 13.8. The number of amides is 2. The minimum absolute atomic E-state index is 0.0347. The number of benzene rings is 2. The Bertz CT molecular complexity index is 819. The maximum absolute atomic E-state index is 13.1. The molecule has 0 radical (unpaired) electrons. The van der Waals surface area contributed by atoms with Crippen LogP contribution in [0.15, 0.2) is 48.5 Å². The molecule has 4 rings (SSSR count). The number of carbonyl (C=O) groups excluding carboxylic acids is 2. The van der Waals surface area contributed by atoms with E-state index in [0.29, 0.717) is 25.3 Å². The Kier molecular flexibility index (Phi) is 3.99. The highest BCUT2D eigenvalue weighted by Crippen LogP contribution is 2.28. The van der Waals surface area contributed by atoms with E-state index >= 15 is 0 Å². The van der Waals surface area contributed by atoms with E-state index in [4.69, 9.17) is 0 Å². The first-order valence-electron chi connectivity index (χ1n) is 8.53. The number of rotatable bonds is 2. The van der Waals surface area contributed by atoms with Crippen LogP contribution < -0.4 is 4.90 Å². The molecule has 1 fully saturated rings. The first-order valence-corrected chi connectivity index (χ1v) is 8.53. The summed E-state index contributed by atoms with van der Waals surface area (Å²) in [6.07, 6.45) is 1.07. The standard InChI is InChI=1S/C20H19FN2O2/c21-17-5-7-18(8-6-17)23-13-16(11-19(23)24)20(25)22-10-9-14-3-1-2-4-15(14)12-22/h1-8,16H,9-13H2. The lowest BCUT2D eigenvalue weighted by atomic mass is 9.98. The van der Waals surface area contributed by atoms with Gasteiger partial charge in [0.1, 0.15) is 5.82 Å². The van der Waals surface area contributed by atoms with Gasteiger partial charge < -0.3 is 9.80 Å². The van der Waals surface area contributed by atoms with Crippen LogP contribution in [0, 0.1) is 11.7 Å². The normalized spacial score (nSPS) is 19.9. The summed E-state index contributed by atoms with van der Waals surface area (Å²) in [5.41, 5.74) is 3.12. The summed E-state index contributed by atoms with van der Waals surface area (Å²) in [5, 5.41) is 0. The molecule has 2 amide bonds. The smallest absolute Gasteiger partial charge is 0.228 e. The van der Waals surface area contributed by atoms with E-state index in [-0.39, 0.29) is 30.0 Å². The first kappa shape index (κ1) is 15.8. The maximum atomic E-state index is 13.1. The molecule has 0 N–H and O–H groups in total. The van der Waals surface area contributed by atoms with Crippen molar-refractivity contribution in [3.05, 3.63) is 65.5 Å². The highest BCUT2D eigenvalue weighted by atomic mass is 19.1. The Balaban J connectivity index is 1.47. The van der Waals surface area contributed by atoms with Gasteiger partial charge in [-0.25, -0.2) is 4.39 Å². The van der Waals surface area contributed by atoms with Gasteiger partial charge >= 0.3 is 0 Å². The molecule has 0 aromatic heterocycles. The molecule has 1 saturated heterocycles. The van der Waals surface area contributed by atoms with Gasteiger partial charge in [-0.05, 0) is 41.8 Å². The molecule has 128 valence electrons. The number of halogens is 1. The van der Waals surface area contributed by atoms with Crippen molar-refractivity contribution in [2.75, 3.05) is 18.0 Å². The van der Waals surface area contributed by atoms with Crippen molar-refractivity contribution in [2.24, 2.45) is 5.92 Å². The summed E-state index contributed by atoms with van der Waals surface area (Å²) < 4.78 is 13.1. The lowest BCUT2D eigenvalue weighted by molar-refractivity contribution is -0.136. The molecular formula is C20H19FN2O2. The van der Waals surface area contributed by atoms with E-state index in [9.17, 15) is 14.0 Å². The SMILES string of the molecule is O=C(C1CC(=O)N(c2ccc(F)cc2)C1)N1CCc2ccccc2C1. The highest BCUT2D eigenvalue weighted by molar-refractivity contribution is 6.00. The van der Waals surface area contributed by atoms with Crippen LogP contribution in [0.4, 0.5) is 10.1 Å². The molecule has 0 spiro atoms. The van der Waals surface area contributed by atoms with Crippen LogP contribution in [0.3, 0.4) is 0 Å². The predicted molar refractivity (Wildman–Crippen MR) is 92.4 cm³/mol. The van der Waals surface area contributed by atoms with Gasteiger partial charge in [-0.2, -0.15) is 0 Å². The van der Waals surface area contributed by atoms with Crippen molar-refractivity contribution >= 4 is 17.5 Å². The van der Waals surface area contributed by atoms with Gasteiger partial charge in [-0.1, -0.05) is 24.3 Å². The van der Waals surface area contributed by atoms with Crippen molar-refractivity contribution in [1.29, 1.82) is 0 Å². The van der Waals surface area contributed by atoms with Gasteiger partial charge in [0, 0.05) is 31.7 Å². The van der Waals surface area contributed by atoms with Crippen LogP contribution in [-0.4, -0.2) is 29.8 Å². The molecule has 0 saturated carbocycles. The first-order chi connectivity index (χ1) is 12.1. The second-order valence-corrected chi connectivity index (χ2v) is 6.66. The van der Waals surface area contributed by atoms with Gasteiger partial charge in [0.25, 0.3) is 0 Å². The minimum atomic E-state index is -0.338. The Labute approximate surface area is 145 Å². The van der Waals surface area contributed by atoms with Crippen LogP contribution in [0.25, 0.3) is 0 Å². The fourth-order valence-electron chi connectivity index (χ4n) is 3.69. The fourth-order valence-corrected chi connectivity index (χ4v) is 3.69. The monoisotopic (exact) mass is 338 g/mol. The number of hydrogen-bond acceptors (Lipinski definition) is 2. The number of hydrogen-bond donors (Lipinski definition) is 0. The van der Waals surface area contributed by atoms with Gasteiger partial charge in [-0.3, -0.25) is 9.59 Å². The Morgan fingerprint density at radius 3 is 2.52 bits per heavy atom. The number of nitrogens with zero attached hydrogens (tertiary/aromatic N) is 2. The van der Waals surface area contributed by atoms with Crippen molar-refractivity contribution in [2.45, 2.75) is 19.4 Å². The molecule has 2 aliphatic rings. The van der Waals surface area contributed by atoms with Gasteiger partial charge in [0.05, 0.1) is 5.92 Å². The van der Waals surface area contributed by atoms with Crippen LogP contribution in [0.1, 0.15) is 17.5 Å². The molecular weight excluding hydrogens is 319 g/mol. The van der Waals surface area contributed by atoms with Crippen molar-refractivity contribution in [1.82, 2.24) is 4.90 Å². The average molecular weight is 338 g/mol. The van der Waals surface area contributed by atoms with E-state index in [0.717, 1.165) is 6.42 Å². The Morgan fingerprint density at radius 2 is 1.76 bits per heavy atom. The van der Waals surface area contributed by atoms with Crippen molar-refractivity contribution in [3.63, 3.8) is 0 Å². The molecule has 2 aliphatic heterocycles. The summed E-state index contributed by atoms with van der Waals surface area (Å²) in [6.45, 7) is 1.66. The summed E-state index contributed by atoms with van der Waals surface area (Å²) in [4.78, 5) is 28.6. The number of fused-ring (bicyclic) bond motifs is 1. The Hall–Kier alpha value is -2.69. The number of carbonyl (C=O) groups is 2. The van der Waals surface area contributed by atoms with Crippen LogP contribution in [0.5, 0.6) is 0 Å². The molecule has 2 aromatic carbocycles. The largest absolute Gasteiger partial charge is 0.338 e. The van der Waals surface area contributed by atoms with Gasteiger partial charge in [0.2, 0.25) is 11.8 Å². The second kappa shape index (κ2) is 6.31. The molecule has 25 heavy (non-hydrogen) atoms. The van der Waals surface area contributed by atoms with E-state index in [2.05, 4.69) is 12.1 Å². The summed E-state index contributed by atoms with van der Waals surface area (Å²) >= 11 is 0. The van der Waals surface area contributed by atoms with Crippen LogP contribution in [0.2, 0.25) is 0 Å². The van der Waals surface area contributed by atoms with E-state index < -0.39 is 0 Å². The molecule has 5 heteroatoms. The fraction of sp³-hybridized carbons (Fsp3) is 0.300. The van der Waals surface area contributed by atoms with Crippen LogP contribution in [-0.2, 0) is 22.6 Å². The third kappa shape index (κ3) is 3.02. The quantitative estimate of drug-likeness (QED) is 0.845. The van der Waals surface area contributed by atoms with Crippen LogP contribution >= 0.6 is 0 Å². The lowest BCUT2D eigenvalue weighted by Crippen LogP contribution is -2.40. The summed E-state index contributed by atoms with van der Waals surface area (Å²) in [7, 11) is 0. The third-order valence-corrected chi connectivity index (χ3v) is 5.05. The van der Waals surface area contributed by atoms with Crippen molar-refractivity contribution in [3.8, 4) is 0 Å². The van der Waals surface area contributed by atoms with Crippen molar-refractivity contribution < 1.29 is 14.0 Å². The molecule has 1 atom stereocenters. The predicted octanol–water partition coefficient (Wildman–Crippen LogP) is 2.76. The highest BCUT2D eigenvalue weighted by Gasteiger charge is 2.37. The van der Waals surface area contributed by atoms with E-state index in [1.165, 1.54) is 23.3 Å². The molecule has 0 bridgehead atoms.